The maximum Gasteiger partial charge on any atom is 0.105 e. The summed E-state index contributed by atoms with van der Waals surface area (Å²) in [6, 6.07) is 12.6. The lowest BCUT2D eigenvalue weighted by Crippen LogP contribution is -1.74. The van der Waals surface area contributed by atoms with E-state index in [2.05, 4.69) is 40.7 Å². The first-order valence-corrected chi connectivity index (χ1v) is 11.2. The van der Waals surface area contributed by atoms with Gasteiger partial charge >= 0.3 is 0 Å². The molecule has 0 bridgehead atoms. The van der Waals surface area contributed by atoms with Crippen LogP contribution in [0.4, 0.5) is 0 Å². The topological polar surface area (TPSA) is 12.9 Å². The average Bonchev–Trinajstić information content (AvgIpc) is 3.06. The van der Waals surface area contributed by atoms with Crippen molar-refractivity contribution in [2.75, 3.05) is 0 Å². The molecule has 0 N–H and O–H groups in total. The molecule has 1 aromatic carbocycles. The molecular formula is C13H11NS5. The minimum Gasteiger partial charge on any atom is -0.240 e. The smallest absolute Gasteiger partial charge is 0.105 e. The third-order valence-corrected chi connectivity index (χ3v) is 8.71. The number of para-hydroxylation sites is 1. The Balaban J connectivity index is 1.44. The molecule has 3 aromatic rings. The monoisotopic (exact) mass is 341 g/mol. The summed E-state index contributed by atoms with van der Waals surface area (Å²) in [5, 5.41) is 3.35. The molecule has 1 nitrogen and oxygen atoms in total. The van der Waals surface area contributed by atoms with Crippen molar-refractivity contribution in [1.29, 1.82) is 0 Å². The van der Waals surface area contributed by atoms with Crippen LogP contribution in [-0.4, -0.2) is 4.98 Å². The number of aromatic nitrogens is 1. The van der Waals surface area contributed by atoms with Crippen LogP contribution in [0.2, 0.25) is 0 Å². The normalized spacial score (nSPS) is 11.2. The summed E-state index contributed by atoms with van der Waals surface area (Å²) in [7, 11) is 5.64. The zero-order valence-electron chi connectivity index (χ0n) is 9.94. The highest BCUT2D eigenvalue weighted by molar-refractivity contribution is 9.09. The number of hydrogen-bond donors (Lipinski definition) is 0. The fourth-order valence-electron chi connectivity index (χ4n) is 1.57. The SMILES string of the molecule is c1csc(CSSSCc2nc3ccccc3s2)c1. The first-order chi connectivity index (χ1) is 9.42. The molecule has 0 aliphatic rings. The molecule has 0 radical (unpaired) electrons. The first kappa shape index (κ1) is 13.8. The lowest BCUT2D eigenvalue weighted by Gasteiger charge is -1.97. The van der Waals surface area contributed by atoms with Crippen molar-refractivity contribution in [3.8, 4) is 0 Å². The number of thiazole rings is 1. The van der Waals surface area contributed by atoms with Crippen molar-refractivity contribution < 1.29 is 0 Å². The van der Waals surface area contributed by atoms with E-state index in [1.54, 1.807) is 11.3 Å². The predicted molar refractivity (Wildman–Crippen MR) is 94.1 cm³/mol. The Kier molecular flexibility index (Phi) is 5.12. The summed E-state index contributed by atoms with van der Waals surface area (Å²) >= 11 is 3.63. The summed E-state index contributed by atoms with van der Waals surface area (Å²) < 4.78 is 1.29. The Bertz CT molecular complexity index is 598. The summed E-state index contributed by atoms with van der Waals surface area (Å²) in [4.78, 5) is 6.08. The van der Waals surface area contributed by atoms with Gasteiger partial charge in [0.1, 0.15) is 5.01 Å². The van der Waals surface area contributed by atoms with E-state index in [0.29, 0.717) is 0 Å². The second kappa shape index (κ2) is 7.04. The Hall–Kier alpha value is -0.140. The largest absolute Gasteiger partial charge is 0.240 e. The van der Waals surface area contributed by atoms with Gasteiger partial charge in [0.15, 0.2) is 0 Å². The summed E-state index contributed by atoms with van der Waals surface area (Å²) in [6.07, 6.45) is 0. The van der Waals surface area contributed by atoms with E-state index in [9.17, 15) is 0 Å². The zero-order chi connectivity index (χ0) is 12.9. The standard InChI is InChI=1S/C13H11NS5/c1-2-6-12-11(5-1)14-13(18-12)9-17-19-16-8-10-4-3-7-15-10/h1-7H,8-9H2. The van der Waals surface area contributed by atoms with Crippen LogP contribution in [0.5, 0.6) is 0 Å². The number of hydrogen-bond acceptors (Lipinski definition) is 6. The molecule has 0 aliphatic heterocycles. The van der Waals surface area contributed by atoms with Crippen molar-refractivity contribution >= 4 is 64.3 Å². The van der Waals surface area contributed by atoms with Gasteiger partial charge in [-0.25, -0.2) is 4.98 Å². The van der Waals surface area contributed by atoms with Crippen molar-refractivity contribution in [1.82, 2.24) is 4.98 Å². The molecule has 3 rings (SSSR count). The number of fused-ring (bicyclic) bond motifs is 1. The molecule has 98 valence electrons. The molecule has 0 amide bonds. The maximum atomic E-state index is 4.64. The lowest BCUT2D eigenvalue weighted by atomic mass is 10.3. The first-order valence-electron chi connectivity index (χ1n) is 5.70. The van der Waals surface area contributed by atoms with Gasteiger partial charge in [-0.2, -0.15) is 0 Å². The minimum absolute atomic E-state index is 0.988. The number of nitrogens with zero attached hydrogens (tertiary/aromatic N) is 1. The van der Waals surface area contributed by atoms with Gasteiger partial charge in [-0.15, -0.1) is 22.7 Å². The highest BCUT2D eigenvalue weighted by Gasteiger charge is 2.03. The Morgan fingerprint density at radius 3 is 2.74 bits per heavy atom. The summed E-state index contributed by atoms with van der Waals surface area (Å²) in [5.74, 6) is 2.08. The van der Waals surface area contributed by atoms with Crippen molar-refractivity contribution in [3.05, 3.63) is 51.7 Å². The van der Waals surface area contributed by atoms with E-state index in [1.165, 1.54) is 14.6 Å². The van der Waals surface area contributed by atoms with Crippen LogP contribution in [0.15, 0.2) is 41.8 Å². The van der Waals surface area contributed by atoms with Crippen LogP contribution < -0.4 is 0 Å². The number of thiophene rings is 1. The van der Waals surface area contributed by atoms with E-state index in [1.807, 2.05) is 48.8 Å². The van der Waals surface area contributed by atoms with Crippen LogP contribution in [0.1, 0.15) is 9.88 Å². The highest BCUT2D eigenvalue weighted by atomic mass is 33.5. The molecule has 19 heavy (non-hydrogen) atoms. The molecule has 0 aliphatic carbocycles. The molecule has 6 heteroatoms. The van der Waals surface area contributed by atoms with Crippen molar-refractivity contribution in [3.63, 3.8) is 0 Å². The number of benzene rings is 1. The van der Waals surface area contributed by atoms with Gasteiger partial charge < -0.3 is 0 Å². The zero-order valence-corrected chi connectivity index (χ0v) is 14.0. The van der Waals surface area contributed by atoms with Gasteiger partial charge in [0, 0.05) is 10.6 Å². The van der Waals surface area contributed by atoms with Crippen molar-refractivity contribution in [2.45, 2.75) is 11.5 Å². The molecule has 0 saturated carbocycles. The Labute approximate surface area is 132 Å². The van der Waals surface area contributed by atoms with E-state index in [4.69, 9.17) is 0 Å². The van der Waals surface area contributed by atoms with Crippen LogP contribution in [-0.2, 0) is 11.5 Å². The predicted octanol–water partition coefficient (Wildman–Crippen LogP) is 6.09. The van der Waals surface area contributed by atoms with Gasteiger partial charge in [0.2, 0.25) is 0 Å². The molecule has 0 spiro atoms. The minimum atomic E-state index is 0.988. The second-order valence-corrected chi connectivity index (χ2v) is 10.1. The van der Waals surface area contributed by atoms with E-state index in [-0.39, 0.29) is 0 Å². The molecule has 2 heterocycles. The Morgan fingerprint density at radius 1 is 1.00 bits per heavy atom. The van der Waals surface area contributed by atoms with Crippen LogP contribution in [0.3, 0.4) is 0 Å². The van der Waals surface area contributed by atoms with Crippen LogP contribution in [0, 0.1) is 0 Å². The third kappa shape index (κ3) is 3.92. The van der Waals surface area contributed by atoms with Crippen LogP contribution in [0.25, 0.3) is 10.2 Å². The molecule has 0 atom stereocenters. The molecule has 2 aromatic heterocycles. The number of rotatable bonds is 6. The molecule has 0 fully saturated rings. The molecule has 0 unspecified atom stereocenters. The van der Waals surface area contributed by atoms with Gasteiger partial charge in [0.05, 0.1) is 16.0 Å². The molecule has 0 saturated heterocycles. The third-order valence-electron chi connectivity index (χ3n) is 2.40. The molecular weight excluding hydrogens is 330 g/mol. The van der Waals surface area contributed by atoms with Crippen LogP contribution >= 0.6 is 54.1 Å². The summed E-state index contributed by atoms with van der Waals surface area (Å²) in [6.45, 7) is 0. The quantitative estimate of drug-likeness (QED) is 0.397. The van der Waals surface area contributed by atoms with Gasteiger partial charge in [0.25, 0.3) is 0 Å². The fourth-order valence-corrected chi connectivity index (χ4v) is 7.36. The fraction of sp³-hybridized carbons (Fsp3) is 0.154. The van der Waals surface area contributed by atoms with Gasteiger partial charge in [-0.3, -0.25) is 0 Å². The van der Waals surface area contributed by atoms with E-state index < -0.39 is 0 Å². The summed E-state index contributed by atoms with van der Waals surface area (Å²) in [5.41, 5.74) is 1.12. The lowest BCUT2D eigenvalue weighted by molar-refractivity contribution is 1.32. The highest BCUT2D eigenvalue weighted by Crippen LogP contribution is 2.40. The average molecular weight is 342 g/mol. The van der Waals surface area contributed by atoms with Crippen molar-refractivity contribution in [2.24, 2.45) is 0 Å². The maximum absolute atomic E-state index is 4.64. The van der Waals surface area contributed by atoms with Gasteiger partial charge in [-0.1, -0.05) is 39.8 Å². The Morgan fingerprint density at radius 2 is 1.89 bits per heavy atom. The van der Waals surface area contributed by atoms with E-state index >= 15 is 0 Å². The van der Waals surface area contributed by atoms with E-state index in [0.717, 1.165) is 17.0 Å². The second-order valence-electron chi connectivity index (χ2n) is 3.75. The van der Waals surface area contributed by atoms with Gasteiger partial charge in [-0.05, 0) is 33.4 Å².